The number of rotatable bonds is 7. The van der Waals surface area contributed by atoms with Crippen LogP contribution in [-0.4, -0.2) is 31.3 Å². The van der Waals surface area contributed by atoms with Gasteiger partial charge in [-0.1, -0.05) is 6.92 Å². The predicted octanol–water partition coefficient (Wildman–Crippen LogP) is 2.32. The molecule has 0 saturated carbocycles. The molecule has 0 aromatic carbocycles. The van der Waals surface area contributed by atoms with Gasteiger partial charge < -0.3 is 14.8 Å². The van der Waals surface area contributed by atoms with E-state index >= 15 is 0 Å². The quantitative estimate of drug-likeness (QED) is 0.772. The van der Waals surface area contributed by atoms with Gasteiger partial charge in [-0.3, -0.25) is 0 Å². The minimum Gasteiger partial charge on any atom is -0.476 e. The minimum absolute atomic E-state index is 0.286. The molecule has 0 aliphatic carbocycles. The van der Waals surface area contributed by atoms with Crippen molar-refractivity contribution in [3.05, 3.63) is 18.3 Å². The van der Waals surface area contributed by atoms with E-state index in [1.807, 2.05) is 19.1 Å². The fourth-order valence-corrected chi connectivity index (χ4v) is 1.44. The van der Waals surface area contributed by atoms with Gasteiger partial charge in [0.15, 0.2) is 0 Å². The lowest BCUT2D eigenvalue weighted by Gasteiger charge is -2.18. The van der Waals surface area contributed by atoms with E-state index in [0.29, 0.717) is 19.1 Å². The summed E-state index contributed by atoms with van der Waals surface area (Å²) in [7, 11) is 1.71. The van der Waals surface area contributed by atoms with Crippen LogP contribution in [0.1, 0.15) is 20.3 Å². The average Bonchev–Trinajstić information content (AvgIpc) is 2.31. The molecule has 16 heavy (non-hydrogen) atoms. The number of nitrogens with zero attached hydrogens (tertiary/aromatic N) is 1. The number of pyridine rings is 1. The van der Waals surface area contributed by atoms with Crippen LogP contribution in [0.15, 0.2) is 18.3 Å². The first kappa shape index (κ1) is 12.8. The highest BCUT2D eigenvalue weighted by Gasteiger charge is 2.09. The third-order valence-corrected chi connectivity index (χ3v) is 2.27. The molecule has 1 aromatic heterocycles. The number of aromatic nitrogens is 1. The second-order valence-electron chi connectivity index (χ2n) is 3.49. The predicted molar refractivity (Wildman–Crippen MR) is 65.0 cm³/mol. The van der Waals surface area contributed by atoms with Gasteiger partial charge in [0.25, 0.3) is 0 Å². The van der Waals surface area contributed by atoms with Gasteiger partial charge in [-0.05, 0) is 25.5 Å². The summed E-state index contributed by atoms with van der Waals surface area (Å²) in [4.78, 5) is 4.19. The molecule has 4 heteroatoms. The summed E-state index contributed by atoms with van der Waals surface area (Å²) in [5.74, 6) is 0.652. The maximum Gasteiger partial charge on any atom is 0.237 e. The fourth-order valence-electron chi connectivity index (χ4n) is 1.44. The standard InChI is InChI=1S/C12H20N2O2/c1-4-10(9-15-3)14-11-7-6-8-13-12(11)16-5-2/h6-8,10,14H,4-5,9H2,1-3H3. The SMILES string of the molecule is CCOc1ncccc1NC(CC)COC. The van der Waals surface area contributed by atoms with Crippen LogP contribution in [0.25, 0.3) is 0 Å². The normalized spacial score (nSPS) is 12.2. The number of ether oxygens (including phenoxy) is 2. The van der Waals surface area contributed by atoms with E-state index in [0.717, 1.165) is 12.1 Å². The van der Waals surface area contributed by atoms with E-state index in [2.05, 4.69) is 17.2 Å². The Morgan fingerprint density at radius 3 is 2.88 bits per heavy atom. The van der Waals surface area contributed by atoms with Gasteiger partial charge >= 0.3 is 0 Å². The van der Waals surface area contributed by atoms with Gasteiger partial charge in [0.05, 0.1) is 18.9 Å². The number of hydrogen-bond donors (Lipinski definition) is 1. The maximum atomic E-state index is 5.45. The zero-order valence-electron chi connectivity index (χ0n) is 10.2. The number of anilines is 1. The summed E-state index contributed by atoms with van der Waals surface area (Å²) in [5, 5.41) is 3.37. The second kappa shape index (κ2) is 7.06. The summed E-state index contributed by atoms with van der Waals surface area (Å²) >= 11 is 0. The van der Waals surface area contributed by atoms with Crippen LogP contribution in [0.3, 0.4) is 0 Å². The molecule has 1 atom stereocenters. The Bertz CT molecular complexity index is 305. The van der Waals surface area contributed by atoms with E-state index in [-0.39, 0.29) is 6.04 Å². The van der Waals surface area contributed by atoms with E-state index < -0.39 is 0 Å². The second-order valence-corrected chi connectivity index (χ2v) is 3.49. The van der Waals surface area contributed by atoms with Crippen molar-refractivity contribution < 1.29 is 9.47 Å². The van der Waals surface area contributed by atoms with Crippen LogP contribution in [-0.2, 0) is 4.74 Å². The van der Waals surface area contributed by atoms with E-state index in [1.54, 1.807) is 13.3 Å². The van der Waals surface area contributed by atoms with Gasteiger partial charge in [-0.2, -0.15) is 0 Å². The first-order valence-electron chi connectivity index (χ1n) is 5.65. The highest BCUT2D eigenvalue weighted by atomic mass is 16.5. The van der Waals surface area contributed by atoms with Crippen LogP contribution in [0.5, 0.6) is 5.88 Å². The van der Waals surface area contributed by atoms with Gasteiger partial charge in [-0.15, -0.1) is 0 Å². The smallest absolute Gasteiger partial charge is 0.237 e. The van der Waals surface area contributed by atoms with Crippen molar-refractivity contribution in [1.29, 1.82) is 0 Å². The van der Waals surface area contributed by atoms with Crippen molar-refractivity contribution in [2.75, 3.05) is 25.6 Å². The van der Waals surface area contributed by atoms with E-state index in [1.165, 1.54) is 0 Å². The molecule has 0 spiro atoms. The molecule has 1 N–H and O–H groups in total. The Morgan fingerprint density at radius 1 is 1.44 bits per heavy atom. The van der Waals surface area contributed by atoms with Gasteiger partial charge in [0.1, 0.15) is 0 Å². The lowest BCUT2D eigenvalue weighted by molar-refractivity contribution is 0.184. The van der Waals surface area contributed by atoms with Gasteiger partial charge in [-0.25, -0.2) is 4.98 Å². The number of methoxy groups -OCH3 is 1. The average molecular weight is 224 g/mol. The molecule has 4 nitrogen and oxygen atoms in total. The minimum atomic E-state index is 0.286. The maximum absolute atomic E-state index is 5.45. The molecule has 1 aromatic rings. The Morgan fingerprint density at radius 2 is 2.25 bits per heavy atom. The molecule has 0 aliphatic rings. The molecular formula is C12H20N2O2. The van der Waals surface area contributed by atoms with Gasteiger partial charge in [0.2, 0.25) is 5.88 Å². The zero-order chi connectivity index (χ0) is 11.8. The molecule has 1 rings (SSSR count). The first-order valence-corrected chi connectivity index (χ1v) is 5.65. The Kier molecular flexibility index (Phi) is 5.64. The Balaban J connectivity index is 2.70. The zero-order valence-corrected chi connectivity index (χ0v) is 10.2. The number of nitrogens with one attached hydrogen (secondary N) is 1. The van der Waals surface area contributed by atoms with E-state index in [9.17, 15) is 0 Å². The molecule has 1 heterocycles. The lowest BCUT2D eigenvalue weighted by atomic mass is 10.2. The van der Waals surface area contributed by atoms with Crippen molar-refractivity contribution in [2.45, 2.75) is 26.3 Å². The van der Waals surface area contributed by atoms with Gasteiger partial charge in [0, 0.05) is 19.3 Å². The van der Waals surface area contributed by atoms with Crippen LogP contribution in [0.2, 0.25) is 0 Å². The topological polar surface area (TPSA) is 43.4 Å². The van der Waals surface area contributed by atoms with Crippen molar-refractivity contribution in [1.82, 2.24) is 4.98 Å². The molecule has 0 bridgehead atoms. The third kappa shape index (κ3) is 3.70. The monoisotopic (exact) mass is 224 g/mol. The molecule has 0 fully saturated rings. The summed E-state index contributed by atoms with van der Waals surface area (Å²) in [5.41, 5.74) is 0.924. The summed E-state index contributed by atoms with van der Waals surface area (Å²) in [6.07, 6.45) is 2.72. The summed E-state index contributed by atoms with van der Waals surface area (Å²) in [6.45, 7) is 5.36. The van der Waals surface area contributed by atoms with Crippen LogP contribution in [0, 0.1) is 0 Å². The molecular weight excluding hydrogens is 204 g/mol. The Hall–Kier alpha value is -1.29. The Labute approximate surface area is 97.0 Å². The highest BCUT2D eigenvalue weighted by Crippen LogP contribution is 2.21. The van der Waals surface area contributed by atoms with Crippen molar-refractivity contribution in [3.8, 4) is 5.88 Å². The van der Waals surface area contributed by atoms with Crippen LogP contribution in [0.4, 0.5) is 5.69 Å². The van der Waals surface area contributed by atoms with Crippen LogP contribution >= 0.6 is 0 Å². The molecule has 1 unspecified atom stereocenters. The summed E-state index contributed by atoms with van der Waals surface area (Å²) < 4.78 is 10.6. The molecule has 0 aliphatic heterocycles. The third-order valence-electron chi connectivity index (χ3n) is 2.27. The largest absolute Gasteiger partial charge is 0.476 e. The first-order chi connectivity index (χ1) is 7.81. The molecule has 90 valence electrons. The van der Waals surface area contributed by atoms with E-state index in [4.69, 9.17) is 9.47 Å². The van der Waals surface area contributed by atoms with Crippen molar-refractivity contribution in [2.24, 2.45) is 0 Å². The molecule has 0 saturated heterocycles. The molecule has 0 radical (unpaired) electrons. The summed E-state index contributed by atoms with van der Waals surface area (Å²) in [6, 6.07) is 4.15. The highest BCUT2D eigenvalue weighted by molar-refractivity contribution is 5.52. The van der Waals surface area contributed by atoms with Crippen LogP contribution < -0.4 is 10.1 Å². The van der Waals surface area contributed by atoms with Crippen molar-refractivity contribution >= 4 is 5.69 Å². The number of hydrogen-bond acceptors (Lipinski definition) is 4. The lowest BCUT2D eigenvalue weighted by Crippen LogP contribution is -2.24. The molecule has 0 amide bonds. The fraction of sp³-hybridized carbons (Fsp3) is 0.583. The van der Waals surface area contributed by atoms with Crippen molar-refractivity contribution in [3.63, 3.8) is 0 Å².